The van der Waals surface area contributed by atoms with Crippen LogP contribution in [0.4, 0.5) is 5.69 Å². The highest BCUT2D eigenvalue weighted by atomic mass is 16.1. The molecule has 0 saturated carbocycles. The predicted octanol–water partition coefficient (Wildman–Crippen LogP) is 2.33. The number of para-hydroxylation sites is 1. The van der Waals surface area contributed by atoms with Crippen LogP contribution in [0.3, 0.4) is 0 Å². The number of anilines is 1. The van der Waals surface area contributed by atoms with Crippen molar-refractivity contribution in [3.05, 3.63) is 70.3 Å². The minimum Gasteiger partial charge on any atom is -0.378 e. The molecule has 2 N–H and O–H groups in total. The smallest absolute Gasteiger partial charge is 0.262 e. The molecule has 0 unspecified atom stereocenters. The van der Waals surface area contributed by atoms with Crippen molar-refractivity contribution in [2.45, 2.75) is 19.9 Å². The van der Waals surface area contributed by atoms with Crippen molar-refractivity contribution in [1.29, 1.82) is 0 Å². The number of rotatable bonds is 6. The molecule has 0 radical (unpaired) electrons. The minimum atomic E-state index is -0.106. The highest BCUT2D eigenvalue weighted by Gasteiger charge is 2.14. The van der Waals surface area contributed by atoms with Crippen LogP contribution in [-0.2, 0) is 13.6 Å². The van der Waals surface area contributed by atoms with Crippen LogP contribution in [-0.4, -0.2) is 31.6 Å². The van der Waals surface area contributed by atoms with Crippen molar-refractivity contribution in [2.24, 2.45) is 7.05 Å². The summed E-state index contributed by atoms with van der Waals surface area (Å²) in [6.45, 7) is 3.05. The molecular weight excluding hydrogens is 368 g/mol. The number of nitrogens with zero attached hydrogens (tertiary/aromatic N) is 4. The largest absolute Gasteiger partial charge is 0.378 e. The summed E-state index contributed by atoms with van der Waals surface area (Å²) < 4.78 is 3.37. The van der Waals surface area contributed by atoms with Gasteiger partial charge in [0.1, 0.15) is 0 Å². The van der Waals surface area contributed by atoms with Gasteiger partial charge in [-0.3, -0.25) is 18.6 Å². The Bertz CT molecular complexity index is 1260. The molecule has 0 fully saturated rings. The standard InChI is InChI=1S/C21H22N6O2/c1-3-11-22-19(28)14-7-6-8-15(12-14)23-13-18-24-25-21-26(2)20(29)16-9-4-5-10-17(16)27(18)21/h4-10,12,23H,3,11,13H2,1-2H3,(H,22,28). The van der Waals surface area contributed by atoms with Crippen LogP contribution in [0.25, 0.3) is 16.7 Å². The summed E-state index contributed by atoms with van der Waals surface area (Å²) in [6, 6.07) is 14.7. The summed E-state index contributed by atoms with van der Waals surface area (Å²) in [4.78, 5) is 24.7. The zero-order valence-corrected chi connectivity index (χ0v) is 16.3. The van der Waals surface area contributed by atoms with Gasteiger partial charge in [-0.25, -0.2) is 0 Å². The third-order valence-corrected chi connectivity index (χ3v) is 4.80. The Morgan fingerprint density at radius 1 is 1.10 bits per heavy atom. The highest BCUT2D eigenvalue weighted by molar-refractivity contribution is 5.95. The molecule has 8 heteroatoms. The molecule has 4 rings (SSSR count). The summed E-state index contributed by atoms with van der Waals surface area (Å²) >= 11 is 0. The molecule has 0 saturated heterocycles. The fourth-order valence-electron chi connectivity index (χ4n) is 3.30. The Hall–Kier alpha value is -3.68. The summed E-state index contributed by atoms with van der Waals surface area (Å²) in [7, 11) is 1.69. The van der Waals surface area contributed by atoms with Gasteiger partial charge in [-0.15, -0.1) is 10.2 Å². The molecule has 2 heterocycles. The summed E-state index contributed by atoms with van der Waals surface area (Å²) in [6.07, 6.45) is 0.889. The molecule has 0 spiro atoms. The highest BCUT2D eigenvalue weighted by Crippen LogP contribution is 2.16. The maximum absolute atomic E-state index is 12.5. The molecule has 0 aliphatic carbocycles. The second-order valence-electron chi connectivity index (χ2n) is 6.82. The predicted molar refractivity (Wildman–Crippen MR) is 112 cm³/mol. The lowest BCUT2D eigenvalue weighted by atomic mass is 10.2. The van der Waals surface area contributed by atoms with Crippen molar-refractivity contribution in [2.75, 3.05) is 11.9 Å². The number of aryl methyl sites for hydroxylation is 1. The van der Waals surface area contributed by atoms with E-state index in [9.17, 15) is 9.59 Å². The number of amides is 1. The van der Waals surface area contributed by atoms with Crippen molar-refractivity contribution in [3.8, 4) is 0 Å². The van der Waals surface area contributed by atoms with Gasteiger partial charge >= 0.3 is 0 Å². The van der Waals surface area contributed by atoms with Crippen LogP contribution in [0.15, 0.2) is 53.3 Å². The molecule has 2 aromatic carbocycles. The second kappa shape index (κ2) is 7.75. The van der Waals surface area contributed by atoms with Gasteiger partial charge in [-0.1, -0.05) is 25.1 Å². The first-order chi connectivity index (χ1) is 14.1. The van der Waals surface area contributed by atoms with Crippen LogP contribution in [0.1, 0.15) is 29.5 Å². The number of fused-ring (bicyclic) bond motifs is 3. The van der Waals surface area contributed by atoms with Crippen LogP contribution in [0, 0.1) is 0 Å². The van der Waals surface area contributed by atoms with E-state index in [-0.39, 0.29) is 11.5 Å². The number of nitrogens with one attached hydrogen (secondary N) is 2. The van der Waals surface area contributed by atoms with E-state index in [1.165, 1.54) is 4.57 Å². The second-order valence-corrected chi connectivity index (χ2v) is 6.82. The molecule has 0 atom stereocenters. The van der Waals surface area contributed by atoms with Gasteiger partial charge in [-0.2, -0.15) is 0 Å². The van der Waals surface area contributed by atoms with Gasteiger partial charge in [0, 0.05) is 24.8 Å². The van der Waals surface area contributed by atoms with E-state index in [1.54, 1.807) is 19.2 Å². The van der Waals surface area contributed by atoms with E-state index in [0.717, 1.165) is 17.6 Å². The summed E-state index contributed by atoms with van der Waals surface area (Å²) in [5, 5.41) is 15.2. The summed E-state index contributed by atoms with van der Waals surface area (Å²) in [5.74, 6) is 1.07. The van der Waals surface area contributed by atoms with E-state index < -0.39 is 0 Å². The van der Waals surface area contributed by atoms with Crippen molar-refractivity contribution >= 4 is 28.3 Å². The van der Waals surface area contributed by atoms with Gasteiger partial charge in [0.15, 0.2) is 5.82 Å². The Labute approximate surface area is 167 Å². The van der Waals surface area contributed by atoms with Crippen molar-refractivity contribution < 1.29 is 4.79 Å². The molecule has 4 aromatic rings. The monoisotopic (exact) mass is 390 g/mol. The zero-order chi connectivity index (χ0) is 20.4. The quantitative estimate of drug-likeness (QED) is 0.527. The Balaban J connectivity index is 1.65. The first-order valence-electron chi connectivity index (χ1n) is 9.54. The third kappa shape index (κ3) is 3.44. The van der Waals surface area contributed by atoms with Crippen LogP contribution in [0.2, 0.25) is 0 Å². The lowest BCUT2D eigenvalue weighted by Crippen LogP contribution is -2.24. The average molecular weight is 390 g/mol. The van der Waals surface area contributed by atoms with Gasteiger partial charge < -0.3 is 10.6 Å². The van der Waals surface area contributed by atoms with Gasteiger partial charge in [0.05, 0.1) is 17.4 Å². The SMILES string of the molecule is CCCNC(=O)c1cccc(NCc2nnc3n(C)c(=O)c4ccccc4n23)c1. The Kier molecular flexibility index (Phi) is 4.99. The molecule has 29 heavy (non-hydrogen) atoms. The molecule has 0 aliphatic heterocycles. The minimum absolute atomic E-state index is 0.0931. The fraction of sp³-hybridized carbons (Fsp3) is 0.238. The molecule has 8 nitrogen and oxygen atoms in total. The van der Waals surface area contributed by atoms with E-state index >= 15 is 0 Å². The average Bonchev–Trinajstić information content (AvgIpc) is 3.19. The van der Waals surface area contributed by atoms with E-state index in [4.69, 9.17) is 0 Å². The van der Waals surface area contributed by atoms with E-state index in [2.05, 4.69) is 20.8 Å². The van der Waals surface area contributed by atoms with Crippen LogP contribution < -0.4 is 16.2 Å². The van der Waals surface area contributed by atoms with Crippen LogP contribution in [0.5, 0.6) is 0 Å². The number of carbonyl (C=O) groups excluding carboxylic acids is 1. The van der Waals surface area contributed by atoms with E-state index in [1.807, 2.05) is 47.7 Å². The van der Waals surface area contributed by atoms with Crippen molar-refractivity contribution in [3.63, 3.8) is 0 Å². The normalized spacial score (nSPS) is 11.1. The molecule has 2 aromatic heterocycles. The van der Waals surface area contributed by atoms with Crippen molar-refractivity contribution in [1.82, 2.24) is 24.5 Å². The van der Waals surface area contributed by atoms with E-state index in [0.29, 0.717) is 35.6 Å². The summed E-state index contributed by atoms with van der Waals surface area (Å²) in [5.41, 5.74) is 2.06. The molecule has 0 bridgehead atoms. The Morgan fingerprint density at radius 3 is 2.76 bits per heavy atom. The first-order valence-corrected chi connectivity index (χ1v) is 9.54. The Morgan fingerprint density at radius 2 is 1.93 bits per heavy atom. The molecular formula is C21H22N6O2. The maximum atomic E-state index is 12.5. The fourth-order valence-corrected chi connectivity index (χ4v) is 3.30. The lowest BCUT2D eigenvalue weighted by molar-refractivity contribution is 0.0953. The number of hydrogen-bond acceptors (Lipinski definition) is 5. The third-order valence-electron chi connectivity index (χ3n) is 4.80. The molecule has 148 valence electrons. The maximum Gasteiger partial charge on any atom is 0.262 e. The van der Waals surface area contributed by atoms with Gasteiger partial charge in [-0.05, 0) is 36.8 Å². The molecule has 1 amide bonds. The first kappa shape index (κ1) is 18.7. The number of carbonyl (C=O) groups is 1. The van der Waals surface area contributed by atoms with Gasteiger partial charge in [0.2, 0.25) is 5.78 Å². The topological polar surface area (TPSA) is 93.3 Å². The lowest BCUT2D eigenvalue weighted by Gasteiger charge is -2.10. The van der Waals surface area contributed by atoms with Crippen LogP contribution >= 0.6 is 0 Å². The number of hydrogen-bond donors (Lipinski definition) is 2. The number of benzene rings is 2. The zero-order valence-electron chi connectivity index (χ0n) is 16.3. The molecule has 0 aliphatic rings. The number of aromatic nitrogens is 4. The van der Waals surface area contributed by atoms with Gasteiger partial charge in [0.25, 0.3) is 11.5 Å².